The number of aromatic nitrogens is 2. The van der Waals surface area contributed by atoms with Gasteiger partial charge in [0.25, 0.3) is 0 Å². The summed E-state index contributed by atoms with van der Waals surface area (Å²) >= 11 is 0. The second-order valence-corrected chi connectivity index (χ2v) is 7.35. The third-order valence-electron chi connectivity index (χ3n) is 5.18. The highest BCUT2D eigenvalue weighted by molar-refractivity contribution is 5.79. The number of nitrogens with zero attached hydrogens (tertiary/aromatic N) is 3. The molecular formula is C24H29N5O. The summed E-state index contributed by atoms with van der Waals surface area (Å²) in [5.41, 5.74) is 5.00. The fourth-order valence-electron chi connectivity index (χ4n) is 3.60. The summed E-state index contributed by atoms with van der Waals surface area (Å²) < 4.78 is 7.45. The molecule has 0 unspecified atom stereocenters. The lowest BCUT2D eigenvalue weighted by molar-refractivity contribution is 0.357. The van der Waals surface area contributed by atoms with Crippen LogP contribution in [0.2, 0.25) is 0 Å². The molecule has 156 valence electrons. The number of aliphatic imine (C=N–C) groups is 1. The Labute approximate surface area is 178 Å². The number of fused-ring (bicyclic) bond motifs is 1. The third kappa shape index (κ3) is 5.20. The summed E-state index contributed by atoms with van der Waals surface area (Å²) in [6, 6.07) is 16.9. The van der Waals surface area contributed by atoms with E-state index < -0.39 is 0 Å². The first-order valence-electron chi connectivity index (χ1n) is 10.7. The van der Waals surface area contributed by atoms with Gasteiger partial charge in [-0.15, -0.1) is 0 Å². The number of hydrogen-bond donors (Lipinski definition) is 2. The van der Waals surface area contributed by atoms with E-state index in [1.54, 1.807) is 6.20 Å². The lowest BCUT2D eigenvalue weighted by Gasteiger charge is -2.12. The van der Waals surface area contributed by atoms with Gasteiger partial charge in [0.05, 0.1) is 12.3 Å². The maximum absolute atomic E-state index is 5.59. The van der Waals surface area contributed by atoms with Crippen molar-refractivity contribution in [2.45, 2.75) is 26.2 Å². The summed E-state index contributed by atoms with van der Waals surface area (Å²) in [4.78, 5) is 4.73. The van der Waals surface area contributed by atoms with Crippen LogP contribution in [0.4, 0.5) is 0 Å². The van der Waals surface area contributed by atoms with Gasteiger partial charge in [-0.3, -0.25) is 4.99 Å². The monoisotopic (exact) mass is 403 g/mol. The van der Waals surface area contributed by atoms with Crippen molar-refractivity contribution in [2.75, 3.05) is 26.2 Å². The quantitative estimate of drug-likeness (QED) is 0.448. The second kappa shape index (κ2) is 9.96. The topological polar surface area (TPSA) is 63.5 Å². The molecule has 6 nitrogen and oxygen atoms in total. The molecule has 2 N–H and O–H groups in total. The van der Waals surface area contributed by atoms with Crippen molar-refractivity contribution >= 4 is 5.96 Å². The lowest BCUT2D eigenvalue weighted by Crippen LogP contribution is -2.38. The minimum atomic E-state index is 0.743. The number of rotatable bonds is 8. The van der Waals surface area contributed by atoms with E-state index in [4.69, 9.17) is 9.73 Å². The van der Waals surface area contributed by atoms with Crippen LogP contribution in [0.5, 0.6) is 5.75 Å². The molecule has 0 saturated carbocycles. The zero-order chi connectivity index (χ0) is 20.6. The predicted octanol–water partition coefficient (Wildman–Crippen LogP) is 3.15. The van der Waals surface area contributed by atoms with Gasteiger partial charge in [-0.2, -0.15) is 5.10 Å². The van der Waals surface area contributed by atoms with Crippen molar-refractivity contribution in [3.05, 3.63) is 77.6 Å². The maximum atomic E-state index is 5.59. The Hall–Kier alpha value is -3.28. The van der Waals surface area contributed by atoms with Gasteiger partial charge >= 0.3 is 0 Å². The van der Waals surface area contributed by atoms with Crippen molar-refractivity contribution < 1.29 is 4.74 Å². The van der Waals surface area contributed by atoms with E-state index in [9.17, 15) is 0 Å². The van der Waals surface area contributed by atoms with Gasteiger partial charge in [-0.05, 0) is 60.7 Å². The molecule has 2 aromatic carbocycles. The zero-order valence-electron chi connectivity index (χ0n) is 17.5. The molecule has 0 aliphatic carbocycles. The van der Waals surface area contributed by atoms with E-state index >= 15 is 0 Å². The molecule has 4 rings (SSSR count). The van der Waals surface area contributed by atoms with Gasteiger partial charge in [0.2, 0.25) is 0 Å². The molecule has 1 aliphatic heterocycles. The highest BCUT2D eigenvalue weighted by Gasteiger charge is 2.11. The van der Waals surface area contributed by atoms with Crippen LogP contribution >= 0.6 is 0 Å². The molecule has 30 heavy (non-hydrogen) atoms. The molecule has 2 heterocycles. The highest BCUT2D eigenvalue weighted by Crippen LogP contribution is 2.25. The van der Waals surface area contributed by atoms with E-state index in [2.05, 4.69) is 65.1 Å². The third-order valence-corrected chi connectivity index (χ3v) is 5.18. The number of guanidine groups is 1. The predicted molar refractivity (Wildman–Crippen MR) is 121 cm³/mol. The minimum absolute atomic E-state index is 0.743. The van der Waals surface area contributed by atoms with Gasteiger partial charge in [0, 0.05) is 38.4 Å². The van der Waals surface area contributed by atoms with E-state index in [0.717, 1.165) is 62.9 Å². The Kier molecular flexibility index (Phi) is 6.65. The largest absolute Gasteiger partial charge is 0.493 e. The Bertz CT molecular complexity index is 964. The number of hydrogen-bond acceptors (Lipinski definition) is 3. The highest BCUT2D eigenvalue weighted by atomic mass is 16.5. The summed E-state index contributed by atoms with van der Waals surface area (Å²) in [6.07, 6.45) is 6.62. The molecule has 0 spiro atoms. The molecule has 1 aromatic heterocycles. The van der Waals surface area contributed by atoms with E-state index in [0.29, 0.717) is 0 Å². The molecule has 3 aromatic rings. The Morgan fingerprint density at radius 2 is 1.97 bits per heavy atom. The normalized spacial score (nSPS) is 13.0. The smallest absolute Gasteiger partial charge is 0.191 e. The second-order valence-electron chi connectivity index (χ2n) is 7.35. The number of ether oxygens (including phenoxy) is 1. The van der Waals surface area contributed by atoms with Crippen LogP contribution in [-0.2, 0) is 19.3 Å². The first-order valence-corrected chi connectivity index (χ1v) is 10.7. The summed E-state index contributed by atoms with van der Waals surface area (Å²) in [7, 11) is 0. The van der Waals surface area contributed by atoms with Gasteiger partial charge in [0.15, 0.2) is 5.96 Å². The SMILES string of the molecule is CCNC(=NCCc1ccc(-n2cccn2)cc1)NCCc1ccc2c(c1)CCO2. The molecule has 6 heteroatoms. The zero-order valence-corrected chi connectivity index (χ0v) is 17.5. The fourth-order valence-corrected chi connectivity index (χ4v) is 3.60. The van der Waals surface area contributed by atoms with Gasteiger partial charge in [-0.25, -0.2) is 4.68 Å². The van der Waals surface area contributed by atoms with Crippen LogP contribution < -0.4 is 15.4 Å². The van der Waals surface area contributed by atoms with Crippen LogP contribution in [0, 0.1) is 0 Å². The molecule has 1 aliphatic rings. The van der Waals surface area contributed by atoms with Crippen LogP contribution in [0.3, 0.4) is 0 Å². The van der Waals surface area contributed by atoms with Crippen molar-refractivity contribution in [3.8, 4) is 11.4 Å². The first-order chi connectivity index (χ1) is 14.8. The summed E-state index contributed by atoms with van der Waals surface area (Å²) in [5.74, 6) is 1.91. The molecule has 0 saturated heterocycles. The Balaban J connectivity index is 1.26. The first kappa shape index (κ1) is 20.0. The standard InChI is InChI=1S/C24H29N5O/c1-2-25-24(27-15-11-20-6-9-23-21(18-20)12-17-30-23)26-14-10-19-4-7-22(8-5-19)29-16-3-13-28-29/h3-9,13,16,18H,2,10-12,14-15,17H2,1H3,(H2,25,26,27). The van der Waals surface area contributed by atoms with Gasteiger partial charge < -0.3 is 15.4 Å². The minimum Gasteiger partial charge on any atom is -0.493 e. The summed E-state index contributed by atoms with van der Waals surface area (Å²) in [6.45, 7) is 5.34. The van der Waals surface area contributed by atoms with Crippen LogP contribution in [0.15, 0.2) is 65.9 Å². The molecule has 0 fully saturated rings. The van der Waals surface area contributed by atoms with Crippen molar-refractivity contribution in [1.29, 1.82) is 0 Å². The molecule has 0 atom stereocenters. The molecular weight excluding hydrogens is 374 g/mol. The molecule has 0 amide bonds. The van der Waals surface area contributed by atoms with E-state index in [1.165, 1.54) is 16.7 Å². The van der Waals surface area contributed by atoms with Crippen molar-refractivity contribution in [2.24, 2.45) is 4.99 Å². The van der Waals surface area contributed by atoms with E-state index in [1.807, 2.05) is 16.9 Å². The van der Waals surface area contributed by atoms with Crippen LogP contribution in [0.1, 0.15) is 23.6 Å². The number of nitrogens with one attached hydrogen (secondary N) is 2. The van der Waals surface area contributed by atoms with Gasteiger partial charge in [0.1, 0.15) is 5.75 Å². The number of benzene rings is 2. The lowest BCUT2D eigenvalue weighted by atomic mass is 10.1. The molecule has 0 bridgehead atoms. The van der Waals surface area contributed by atoms with Crippen LogP contribution in [0.25, 0.3) is 5.69 Å². The Morgan fingerprint density at radius 3 is 2.77 bits per heavy atom. The van der Waals surface area contributed by atoms with Crippen molar-refractivity contribution in [1.82, 2.24) is 20.4 Å². The molecule has 0 radical (unpaired) electrons. The summed E-state index contributed by atoms with van der Waals surface area (Å²) in [5, 5.41) is 11.0. The van der Waals surface area contributed by atoms with Crippen molar-refractivity contribution in [3.63, 3.8) is 0 Å². The van der Waals surface area contributed by atoms with E-state index in [-0.39, 0.29) is 0 Å². The van der Waals surface area contributed by atoms with Crippen LogP contribution in [-0.4, -0.2) is 42.0 Å². The average molecular weight is 404 g/mol. The average Bonchev–Trinajstić information content (AvgIpc) is 3.46. The maximum Gasteiger partial charge on any atom is 0.191 e. The van der Waals surface area contributed by atoms with Gasteiger partial charge in [-0.1, -0.05) is 24.3 Å². The fraction of sp³-hybridized carbons (Fsp3) is 0.333. The Morgan fingerprint density at radius 1 is 1.10 bits per heavy atom.